The maximum Gasteiger partial charge on any atom is 0.227 e. The standard InChI is InChI=1S/C13H26N2O2S2/c1-5-14-11(17)12(3,8-18)7-10(16)13(4,9-19)15-6-2/h15,18-19H,5-9H2,1-4H3,(H,14,17)/t12-,13-/m0/s1. The summed E-state index contributed by atoms with van der Waals surface area (Å²) >= 11 is 8.48. The summed E-state index contributed by atoms with van der Waals surface area (Å²) in [6, 6.07) is 0. The van der Waals surface area contributed by atoms with Crippen LogP contribution in [-0.4, -0.2) is 41.8 Å². The Hall–Kier alpha value is -0.200. The van der Waals surface area contributed by atoms with Crippen molar-refractivity contribution < 1.29 is 9.59 Å². The second-order valence-corrected chi connectivity index (χ2v) is 5.83. The van der Waals surface area contributed by atoms with E-state index in [1.165, 1.54) is 0 Å². The third kappa shape index (κ3) is 5.00. The largest absolute Gasteiger partial charge is 0.356 e. The van der Waals surface area contributed by atoms with Crippen molar-refractivity contribution in [3.8, 4) is 0 Å². The Labute approximate surface area is 127 Å². The fraction of sp³-hybridized carbons (Fsp3) is 0.846. The predicted octanol–water partition coefficient (Wildman–Crippen LogP) is 1.32. The van der Waals surface area contributed by atoms with Crippen molar-refractivity contribution in [2.45, 2.75) is 39.7 Å². The number of hydrogen-bond acceptors (Lipinski definition) is 5. The van der Waals surface area contributed by atoms with E-state index in [1.807, 2.05) is 20.8 Å². The molecule has 4 nitrogen and oxygen atoms in total. The van der Waals surface area contributed by atoms with Gasteiger partial charge in [-0.25, -0.2) is 0 Å². The minimum atomic E-state index is -0.782. The maximum absolute atomic E-state index is 12.4. The molecule has 0 spiro atoms. The van der Waals surface area contributed by atoms with Gasteiger partial charge in [-0.2, -0.15) is 25.3 Å². The fourth-order valence-corrected chi connectivity index (χ4v) is 2.31. The quantitative estimate of drug-likeness (QED) is 0.486. The normalized spacial score (nSPS) is 17.4. The van der Waals surface area contributed by atoms with Crippen molar-refractivity contribution in [3.63, 3.8) is 0 Å². The van der Waals surface area contributed by atoms with Crippen LogP contribution in [0.2, 0.25) is 0 Å². The lowest BCUT2D eigenvalue weighted by Crippen LogP contribution is -2.54. The third-order valence-corrected chi connectivity index (χ3v) is 4.61. The van der Waals surface area contributed by atoms with Gasteiger partial charge in [-0.05, 0) is 27.3 Å². The number of amides is 1. The van der Waals surface area contributed by atoms with Crippen LogP contribution < -0.4 is 10.6 Å². The highest BCUT2D eigenvalue weighted by Crippen LogP contribution is 2.27. The average Bonchev–Trinajstić information content (AvgIpc) is 2.38. The second kappa shape index (κ2) is 8.17. The molecule has 0 aliphatic heterocycles. The van der Waals surface area contributed by atoms with Gasteiger partial charge >= 0.3 is 0 Å². The molecule has 0 rings (SSSR count). The summed E-state index contributed by atoms with van der Waals surface area (Å²) in [5.41, 5.74) is -1.48. The number of hydrogen-bond donors (Lipinski definition) is 4. The molecule has 2 atom stereocenters. The molecule has 0 unspecified atom stereocenters. The van der Waals surface area contributed by atoms with Gasteiger partial charge in [-0.1, -0.05) is 6.92 Å². The molecule has 0 aliphatic rings. The summed E-state index contributed by atoms with van der Waals surface area (Å²) in [6.07, 6.45) is 0.159. The molecule has 0 radical (unpaired) electrons. The molecule has 2 N–H and O–H groups in total. The lowest BCUT2D eigenvalue weighted by atomic mass is 9.81. The number of thiol groups is 2. The van der Waals surface area contributed by atoms with Gasteiger partial charge in [0.25, 0.3) is 0 Å². The topological polar surface area (TPSA) is 58.2 Å². The van der Waals surface area contributed by atoms with Crippen LogP contribution in [0.15, 0.2) is 0 Å². The molecule has 6 heteroatoms. The molecule has 0 aromatic rings. The number of nitrogens with one attached hydrogen (secondary N) is 2. The molecular formula is C13H26N2O2S2. The number of rotatable bonds is 9. The van der Waals surface area contributed by atoms with E-state index in [4.69, 9.17) is 0 Å². The first kappa shape index (κ1) is 18.8. The molecule has 0 aromatic heterocycles. The molecular weight excluding hydrogens is 280 g/mol. The number of Topliss-reactive ketones (excluding diaryl/α,β-unsaturated/α-hetero) is 1. The maximum atomic E-state index is 12.4. The van der Waals surface area contributed by atoms with Crippen LogP contribution in [0.5, 0.6) is 0 Å². The minimum absolute atomic E-state index is 0.00727. The zero-order valence-corrected chi connectivity index (χ0v) is 14.0. The van der Waals surface area contributed by atoms with Crippen molar-refractivity contribution in [2.24, 2.45) is 5.41 Å². The monoisotopic (exact) mass is 306 g/mol. The summed E-state index contributed by atoms with van der Waals surface area (Å²) in [5.74, 6) is 0.598. The smallest absolute Gasteiger partial charge is 0.227 e. The van der Waals surface area contributed by atoms with E-state index in [9.17, 15) is 9.59 Å². The van der Waals surface area contributed by atoms with Crippen LogP contribution >= 0.6 is 25.3 Å². The number of ketones is 1. The Morgan fingerprint density at radius 2 is 1.63 bits per heavy atom. The van der Waals surface area contributed by atoms with E-state index in [1.54, 1.807) is 6.92 Å². The van der Waals surface area contributed by atoms with Gasteiger partial charge < -0.3 is 10.6 Å². The number of likely N-dealkylation sites (N-methyl/N-ethyl adjacent to an activating group) is 1. The Balaban J connectivity index is 4.96. The molecule has 0 aliphatic carbocycles. The Kier molecular flexibility index (Phi) is 8.08. The van der Waals surface area contributed by atoms with Crippen LogP contribution in [0, 0.1) is 5.41 Å². The molecule has 0 fully saturated rings. The molecule has 1 amide bonds. The Morgan fingerprint density at radius 1 is 1.05 bits per heavy atom. The lowest BCUT2D eigenvalue weighted by Gasteiger charge is -2.32. The summed E-state index contributed by atoms with van der Waals surface area (Å²) in [6.45, 7) is 8.62. The third-order valence-electron chi connectivity index (χ3n) is 3.28. The van der Waals surface area contributed by atoms with E-state index < -0.39 is 11.0 Å². The molecule has 0 saturated heterocycles. The van der Waals surface area contributed by atoms with Crippen LogP contribution in [-0.2, 0) is 9.59 Å². The fourth-order valence-electron chi connectivity index (χ4n) is 1.76. The SMILES string of the molecule is CCNC(=O)[C@](C)(CS)CC(=O)[C@](C)(CS)NCC. The summed E-state index contributed by atoms with van der Waals surface area (Å²) in [5, 5.41) is 5.91. The second-order valence-electron chi connectivity index (χ2n) is 5.20. The van der Waals surface area contributed by atoms with E-state index in [-0.39, 0.29) is 18.1 Å². The average molecular weight is 306 g/mol. The van der Waals surface area contributed by atoms with Crippen molar-refractivity contribution in [1.82, 2.24) is 10.6 Å². The van der Waals surface area contributed by atoms with Crippen molar-refractivity contribution in [2.75, 3.05) is 24.6 Å². The first-order valence-electron chi connectivity index (χ1n) is 6.58. The highest BCUT2D eigenvalue weighted by molar-refractivity contribution is 7.80. The zero-order valence-electron chi connectivity index (χ0n) is 12.2. The molecule has 0 aromatic carbocycles. The molecule has 0 heterocycles. The van der Waals surface area contributed by atoms with E-state index in [0.717, 1.165) is 0 Å². The van der Waals surface area contributed by atoms with Gasteiger partial charge in [0.15, 0.2) is 5.78 Å². The molecule has 19 heavy (non-hydrogen) atoms. The van der Waals surface area contributed by atoms with E-state index in [0.29, 0.717) is 24.6 Å². The van der Waals surface area contributed by atoms with Crippen molar-refractivity contribution in [1.29, 1.82) is 0 Å². The van der Waals surface area contributed by atoms with E-state index >= 15 is 0 Å². The molecule has 0 bridgehead atoms. The van der Waals surface area contributed by atoms with Gasteiger partial charge in [0.1, 0.15) is 0 Å². The van der Waals surface area contributed by atoms with Crippen LogP contribution in [0.3, 0.4) is 0 Å². The van der Waals surface area contributed by atoms with Gasteiger partial charge in [0.2, 0.25) is 5.91 Å². The number of carbonyl (C=O) groups is 2. The van der Waals surface area contributed by atoms with Gasteiger partial charge in [0.05, 0.1) is 11.0 Å². The summed E-state index contributed by atoms with van der Waals surface area (Å²) in [7, 11) is 0. The van der Waals surface area contributed by atoms with Crippen LogP contribution in [0.4, 0.5) is 0 Å². The van der Waals surface area contributed by atoms with E-state index in [2.05, 4.69) is 35.9 Å². The highest BCUT2D eigenvalue weighted by Gasteiger charge is 2.40. The first-order chi connectivity index (χ1) is 8.79. The molecule has 112 valence electrons. The van der Waals surface area contributed by atoms with Crippen LogP contribution in [0.1, 0.15) is 34.1 Å². The van der Waals surface area contributed by atoms with Crippen LogP contribution in [0.25, 0.3) is 0 Å². The van der Waals surface area contributed by atoms with Gasteiger partial charge in [-0.15, -0.1) is 0 Å². The Bertz CT molecular complexity index is 326. The molecule has 0 saturated carbocycles. The van der Waals surface area contributed by atoms with Gasteiger partial charge in [-0.3, -0.25) is 9.59 Å². The lowest BCUT2D eigenvalue weighted by molar-refractivity contribution is -0.135. The summed E-state index contributed by atoms with van der Waals surface area (Å²) in [4.78, 5) is 24.5. The first-order valence-corrected chi connectivity index (χ1v) is 7.84. The predicted molar refractivity (Wildman–Crippen MR) is 86.2 cm³/mol. The highest BCUT2D eigenvalue weighted by atomic mass is 32.1. The summed E-state index contributed by atoms with van der Waals surface area (Å²) < 4.78 is 0. The number of carbonyl (C=O) groups excluding carboxylic acids is 2. The van der Waals surface area contributed by atoms with Gasteiger partial charge in [0, 0.05) is 24.5 Å². The van der Waals surface area contributed by atoms with Crippen molar-refractivity contribution in [3.05, 3.63) is 0 Å². The van der Waals surface area contributed by atoms with Crippen molar-refractivity contribution >= 4 is 36.9 Å². The Morgan fingerprint density at radius 3 is 2.00 bits per heavy atom. The minimum Gasteiger partial charge on any atom is -0.356 e. The zero-order chi connectivity index (χ0) is 15.1.